The van der Waals surface area contributed by atoms with Gasteiger partial charge in [0.05, 0.1) is 5.71 Å². The second kappa shape index (κ2) is 3.99. The minimum absolute atomic E-state index is 0.547. The van der Waals surface area contributed by atoms with Gasteiger partial charge in [-0.1, -0.05) is 5.57 Å². The summed E-state index contributed by atoms with van der Waals surface area (Å²) in [5.41, 5.74) is 3.56. The zero-order chi connectivity index (χ0) is 9.84. The van der Waals surface area contributed by atoms with Crippen LogP contribution in [-0.2, 0) is 0 Å². The lowest BCUT2D eigenvalue weighted by molar-refractivity contribution is 1.19. The van der Waals surface area contributed by atoms with Crippen LogP contribution in [0.3, 0.4) is 0 Å². The van der Waals surface area contributed by atoms with Crippen LogP contribution in [0.5, 0.6) is 0 Å². The lowest BCUT2D eigenvalue weighted by Crippen LogP contribution is -1.96. The van der Waals surface area contributed by atoms with E-state index in [4.69, 9.17) is 5.41 Å². The van der Waals surface area contributed by atoms with Crippen LogP contribution in [0.15, 0.2) is 30.0 Å². The maximum Gasteiger partial charge on any atom is 0.0612 e. The molecule has 0 fully saturated rings. The van der Waals surface area contributed by atoms with Gasteiger partial charge in [0.2, 0.25) is 0 Å². The topological polar surface area (TPSA) is 36.7 Å². The van der Waals surface area contributed by atoms with E-state index in [1.807, 2.05) is 39.0 Å². The standard InChI is InChI=1S/C11H14N2/c1-8(2)6-11(12)10-4-5-13-9(3)7-10/h4-7,12H,1-3H3. The number of pyridine rings is 1. The third-order valence-corrected chi connectivity index (χ3v) is 1.64. The van der Waals surface area contributed by atoms with Crippen molar-refractivity contribution in [3.63, 3.8) is 0 Å². The first kappa shape index (κ1) is 9.65. The molecule has 0 aliphatic heterocycles. The number of aryl methyl sites for hydroxylation is 1. The van der Waals surface area contributed by atoms with E-state index in [0.29, 0.717) is 5.71 Å². The molecule has 0 unspecified atom stereocenters. The first-order valence-corrected chi connectivity index (χ1v) is 4.26. The molecule has 0 spiro atoms. The van der Waals surface area contributed by atoms with E-state index >= 15 is 0 Å². The Labute approximate surface area is 78.8 Å². The predicted octanol–water partition coefficient (Wildman–Crippen LogP) is 2.72. The molecule has 1 aromatic heterocycles. The van der Waals surface area contributed by atoms with Gasteiger partial charge in [0.25, 0.3) is 0 Å². The Balaban J connectivity index is 2.96. The van der Waals surface area contributed by atoms with Crippen LogP contribution in [0.4, 0.5) is 0 Å². The maximum atomic E-state index is 7.75. The summed E-state index contributed by atoms with van der Waals surface area (Å²) in [6, 6.07) is 3.77. The van der Waals surface area contributed by atoms with Crippen molar-refractivity contribution >= 4 is 5.71 Å². The monoisotopic (exact) mass is 174 g/mol. The SMILES string of the molecule is CC(C)=CC(=N)c1ccnc(C)c1. The first-order chi connectivity index (χ1) is 6.09. The highest BCUT2D eigenvalue weighted by atomic mass is 14.6. The van der Waals surface area contributed by atoms with E-state index in [1.165, 1.54) is 0 Å². The van der Waals surface area contributed by atoms with Crippen molar-refractivity contribution in [3.05, 3.63) is 41.2 Å². The van der Waals surface area contributed by atoms with Crippen molar-refractivity contribution in [1.82, 2.24) is 4.98 Å². The summed E-state index contributed by atoms with van der Waals surface area (Å²) in [7, 11) is 0. The van der Waals surface area contributed by atoms with Gasteiger partial charge >= 0.3 is 0 Å². The second-order valence-electron chi connectivity index (χ2n) is 3.32. The molecule has 1 aromatic rings. The highest BCUT2D eigenvalue weighted by Crippen LogP contribution is 2.04. The number of rotatable bonds is 2. The second-order valence-corrected chi connectivity index (χ2v) is 3.32. The molecule has 1 rings (SSSR count). The van der Waals surface area contributed by atoms with Crippen LogP contribution in [0, 0.1) is 12.3 Å². The van der Waals surface area contributed by atoms with Gasteiger partial charge in [-0.3, -0.25) is 4.98 Å². The smallest absolute Gasteiger partial charge is 0.0612 e. The molecule has 68 valence electrons. The first-order valence-electron chi connectivity index (χ1n) is 4.26. The summed E-state index contributed by atoms with van der Waals surface area (Å²) in [4.78, 5) is 4.08. The fourth-order valence-corrected chi connectivity index (χ4v) is 1.09. The summed E-state index contributed by atoms with van der Waals surface area (Å²) >= 11 is 0. The molecule has 1 N–H and O–H groups in total. The summed E-state index contributed by atoms with van der Waals surface area (Å²) in [6.07, 6.45) is 3.59. The largest absolute Gasteiger partial charge is 0.300 e. The fourth-order valence-electron chi connectivity index (χ4n) is 1.09. The third-order valence-electron chi connectivity index (χ3n) is 1.64. The molecular formula is C11H14N2. The molecule has 0 aliphatic carbocycles. The van der Waals surface area contributed by atoms with Crippen LogP contribution < -0.4 is 0 Å². The Hall–Kier alpha value is -1.44. The predicted molar refractivity (Wildman–Crippen MR) is 55.2 cm³/mol. The van der Waals surface area contributed by atoms with E-state index in [0.717, 1.165) is 16.8 Å². The van der Waals surface area contributed by atoms with Crippen molar-refractivity contribution in [2.24, 2.45) is 0 Å². The Morgan fingerprint density at radius 3 is 2.69 bits per heavy atom. The molecule has 0 saturated carbocycles. The van der Waals surface area contributed by atoms with Gasteiger partial charge in [-0.25, -0.2) is 0 Å². The van der Waals surface area contributed by atoms with Crippen molar-refractivity contribution < 1.29 is 0 Å². The van der Waals surface area contributed by atoms with Crippen molar-refractivity contribution in [1.29, 1.82) is 5.41 Å². The fraction of sp³-hybridized carbons (Fsp3) is 0.273. The Bertz CT molecular complexity index is 347. The van der Waals surface area contributed by atoms with E-state index in [2.05, 4.69) is 4.98 Å². The zero-order valence-electron chi connectivity index (χ0n) is 8.26. The van der Waals surface area contributed by atoms with E-state index in [-0.39, 0.29) is 0 Å². The Morgan fingerprint density at radius 1 is 1.46 bits per heavy atom. The van der Waals surface area contributed by atoms with Crippen LogP contribution in [0.1, 0.15) is 25.1 Å². The lowest BCUT2D eigenvalue weighted by atomic mass is 10.1. The third kappa shape index (κ3) is 2.82. The van der Waals surface area contributed by atoms with Crippen molar-refractivity contribution in [2.75, 3.05) is 0 Å². The lowest BCUT2D eigenvalue weighted by Gasteiger charge is -2.00. The normalized spacial score (nSPS) is 9.46. The molecule has 2 nitrogen and oxygen atoms in total. The Kier molecular flexibility index (Phi) is 2.96. The van der Waals surface area contributed by atoms with E-state index in [9.17, 15) is 0 Å². The molecule has 0 radical (unpaired) electrons. The maximum absolute atomic E-state index is 7.75. The summed E-state index contributed by atoms with van der Waals surface area (Å²) in [5.74, 6) is 0. The van der Waals surface area contributed by atoms with Crippen LogP contribution in [0.2, 0.25) is 0 Å². The quantitative estimate of drug-likeness (QED) is 0.687. The van der Waals surface area contributed by atoms with Gasteiger partial charge in [0.1, 0.15) is 0 Å². The van der Waals surface area contributed by atoms with E-state index < -0.39 is 0 Å². The van der Waals surface area contributed by atoms with Crippen LogP contribution in [-0.4, -0.2) is 10.7 Å². The minimum atomic E-state index is 0.547. The van der Waals surface area contributed by atoms with Gasteiger partial charge in [0.15, 0.2) is 0 Å². The molecule has 13 heavy (non-hydrogen) atoms. The van der Waals surface area contributed by atoms with Gasteiger partial charge in [-0.15, -0.1) is 0 Å². The van der Waals surface area contributed by atoms with Gasteiger partial charge < -0.3 is 5.41 Å². The molecule has 0 amide bonds. The minimum Gasteiger partial charge on any atom is -0.300 e. The van der Waals surface area contributed by atoms with E-state index in [1.54, 1.807) is 6.20 Å². The van der Waals surface area contributed by atoms with Gasteiger partial charge in [-0.05, 0) is 39.0 Å². The van der Waals surface area contributed by atoms with Crippen LogP contribution >= 0.6 is 0 Å². The number of hydrogen-bond donors (Lipinski definition) is 1. The Morgan fingerprint density at radius 2 is 2.15 bits per heavy atom. The molecule has 0 bridgehead atoms. The average molecular weight is 174 g/mol. The number of nitrogens with zero attached hydrogens (tertiary/aromatic N) is 1. The molecule has 0 aromatic carbocycles. The number of hydrogen-bond acceptors (Lipinski definition) is 2. The molecule has 0 aliphatic rings. The average Bonchev–Trinajstić information content (AvgIpc) is 2.03. The number of allylic oxidation sites excluding steroid dienone is 2. The highest BCUT2D eigenvalue weighted by molar-refractivity contribution is 6.06. The van der Waals surface area contributed by atoms with Crippen molar-refractivity contribution in [3.8, 4) is 0 Å². The molecule has 0 atom stereocenters. The van der Waals surface area contributed by atoms with Crippen molar-refractivity contribution in [2.45, 2.75) is 20.8 Å². The molecule has 1 heterocycles. The van der Waals surface area contributed by atoms with Crippen LogP contribution in [0.25, 0.3) is 0 Å². The zero-order valence-corrected chi connectivity index (χ0v) is 8.26. The number of aromatic nitrogens is 1. The molecule has 2 heteroatoms. The van der Waals surface area contributed by atoms with Gasteiger partial charge in [-0.2, -0.15) is 0 Å². The number of nitrogens with one attached hydrogen (secondary N) is 1. The highest BCUT2D eigenvalue weighted by Gasteiger charge is 1.97. The summed E-state index contributed by atoms with van der Waals surface area (Å²) in [5, 5.41) is 7.75. The summed E-state index contributed by atoms with van der Waals surface area (Å²) in [6.45, 7) is 5.91. The molecule has 0 saturated heterocycles. The van der Waals surface area contributed by atoms with Gasteiger partial charge in [0, 0.05) is 17.5 Å². The summed E-state index contributed by atoms with van der Waals surface area (Å²) < 4.78 is 0. The molecular weight excluding hydrogens is 160 g/mol.